The Hall–Kier alpha value is -0.653. The minimum Gasteiger partial charge on any atom is -0.508 e. The topological polar surface area (TPSA) is 46.5 Å². The van der Waals surface area contributed by atoms with Gasteiger partial charge >= 0.3 is 5.97 Å². The van der Waals surface area contributed by atoms with Crippen molar-refractivity contribution in [2.75, 3.05) is 6.61 Å². The zero-order valence-electron chi connectivity index (χ0n) is 9.25. The summed E-state index contributed by atoms with van der Waals surface area (Å²) in [5.74, 6) is 1.32. The first-order valence-corrected chi connectivity index (χ1v) is 6.76. The van der Waals surface area contributed by atoms with Crippen LogP contribution in [0.5, 0.6) is 0 Å². The predicted octanol–water partition coefficient (Wildman–Crippen LogP) is 0.752. The number of unbranched alkanes of at least 4 members (excludes halogenated alkanes) is 1. The second-order valence-electron chi connectivity index (χ2n) is 3.46. The molecule has 1 aliphatic rings. The van der Waals surface area contributed by atoms with Gasteiger partial charge in [-0.25, -0.2) is 4.79 Å². The molecular weight excluding hydrogens is 206 g/mol. The second kappa shape index (κ2) is 6.05. The van der Waals surface area contributed by atoms with Crippen LogP contribution in [0.1, 0.15) is 19.8 Å². The number of aliphatic hydroxyl groups excluding tert-OH is 1. The van der Waals surface area contributed by atoms with E-state index >= 15 is 0 Å². The zero-order chi connectivity index (χ0) is 11.3. The highest BCUT2D eigenvalue weighted by atomic mass is 27.0. The predicted molar refractivity (Wildman–Crippen MR) is 62.7 cm³/mol. The lowest BCUT2D eigenvalue weighted by Crippen LogP contribution is -2.09. The lowest BCUT2D eigenvalue weighted by Gasteiger charge is -2.05. The van der Waals surface area contributed by atoms with Crippen molar-refractivity contribution in [3.05, 3.63) is 22.8 Å². The monoisotopic (exact) mass is 221 g/mol. The Morgan fingerprint density at radius 1 is 1.67 bits per heavy atom. The molecule has 0 aromatic rings. The summed E-state index contributed by atoms with van der Waals surface area (Å²) in [6, 6.07) is 0. The molecule has 0 fully saturated rings. The molecule has 0 saturated carbocycles. The van der Waals surface area contributed by atoms with Crippen LogP contribution in [0.3, 0.4) is 0 Å². The normalized spacial score (nSPS) is 14.9. The van der Waals surface area contributed by atoms with Gasteiger partial charge in [-0.1, -0.05) is 30.1 Å². The Bertz CT molecular complexity index is 310. The van der Waals surface area contributed by atoms with Gasteiger partial charge in [-0.3, -0.25) is 0 Å². The van der Waals surface area contributed by atoms with Crippen LogP contribution in [0.2, 0.25) is 5.28 Å². The molecule has 15 heavy (non-hydrogen) atoms. The summed E-state index contributed by atoms with van der Waals surface area (Å²) in [7, 11) is 1.79. The average Bonchev–Trinajstić information content (AvgIpc) is 2.60. The van der Waals surface area contributed by atoms with Gasteiger partial charge < -0.3 is 9.84 Å². The summed E-state index contributed by atoms with van der Waals surface area (Å²) < 4.78 is 5.02. The number of esters is 1. The summed E-state index contributed by atoms with van der Waals surface area (Å²) in [5, 5.41) is 10.5. The first-order chi connectivity index (χ1) is 7.20. The van der Waals surface area contributed by atoms with Crippen molar-refractivity contribution in [3.63, 3.8) is 0 Å². The standard InChI is InChI=1S/C10H13BO3.Al.2H/c1-3-4-5-14-10(13)8-6-11-7(2)9(8)12;;;/h6,12H,2-5H2,1H3;;;. The number of allylic oxidation sites excluding steroid dienone is 1. The summed E-state index contributed by atoms with van der Waals surface area (Å²) in [6.07, 6.45) is 1.85. The van der Waals surface area contributed by atoms with Crippen molar-refractivity contribution in [2.45, 2.75) is 25.0 Å². The molecule has 0 amide bonds. The van der Waals surface area contributed by atoms with Crippen LogP contribution >= 0.6 is 0 Å². The Balaban J connectivity index is 2.51. The molecule has 1 aliphatic heterocycles. The van der Waals surface area contributed by atoms with Gasteiger partial charge in [0.05, 0.1) is 12.2 Å². The lowest BCUT2D eigenvalue weighted by molar-refractivity contribution is -0.139. The van der Waals surface area contributed by atoms with Crippen LogP contribution in [0.4, 0.5) is 0 Å². The van der Waals surface area contributed by atoms with E-state index in [1.54, 1.807) is 13.3 Å². The first-order valence-electron chi connectivity index (χ1n) is 5.35. The van der Waals surface area contributed by atoms with Crippen LogP contribution in [0, 0.1) is 0 Å². The van der Waals surface area contributed by atoms with E-state index in [0.717, 1.165) is 39.9 Å². The van der Waals surface area contributed by atoms with Crippen molar-refractivity contribution in [1.82, 2.24) is 0 Å². The fraction of sp³-hybridized carbons (Fsp3) is 0.500. The molecule has 0 bridgehead atoms. The molecule has 0 saturated heterocycles. The molecule has 79 valence electrons. The molecule has 3 nitrogen and oxygen atoms in total. The van der Waals surface area contributed by atoms with Gasteiger partial charge in [0.1, 0.15) is 5.76 Å². The van der Waals surface area contributed by atoms with Crippen LogP contribution in [0.25, 0.3) is 0 Å². The molecule has 0 aliphatic carbocycles. The highest BCUT2D eigenvalue weighted by Gasteiger charge is 2.22. The third kappa shape index (κ3) is 3.15. The maximum absolute atomic E-state index is 11.5. The quantitative estimate of drug-likeness (QED) is 0.423. The summed E-state index contributed by atoms with van der Waals surface area (Å²) in [5.41, 5.74) is 1.15. The van der Waals surface area contributed by atoms with Crippen LogP contribution in [0.15, 0.2) is 22.8 Å². The molecule has 1 radical (unpaired) electrons. The van der Waals surface area contributed by atoms with E-state index in [0.29, 0.717) is 12.2 Å². The Kier molecular flexibility index (Phi) is 5.00. The Morgan fingerprint density at radius 2 is 2.40 bits per heavy atom. The molecule has 0 aromatic heterocycles. The zero-order valence-corrected chi connectivity index (χ0v) is 11.2. The molecule has 0 atom stereocenters. The van der Waals surface area contributed by atoms with E-state index in [9.17, 15) is 9.90 Å². The minimum atomic E-state index is -0.415. The van der Waals surface area contributed by atoms with Gasteiger partial charge in [0.25, 0.3) is 0 Å². The highest BCUT2D eigenvalue weighted by Crippen LogP contribution is 2.21. The Labute approximate surface area is 98.9 Å². The molecule has 1 rings (SSSR count). The molecular formula is C10H15AlBO3. The van der Waals surface area contributed by atoms with Crippen molar-refractivity contribution >= 4 is 29.5 Å². The first kappa shape index (κ1) is 12.4. The van der Waals surface area contributed by atoms with Gasteiger partial charge in [-0.2, -0.15) is 0 Å². The van der Waals surface area contributed by atoms with Gasteiger partial charge in [0, 0.05) is 0 Å². The molecule has 5 heteroatoms. The summed E-state index contributed by atoms with van der Waals surface area (Å²) in [6.45, 7) is 2.46. The smallest absolute Gasteiger partial charge is 0.340 e. The fourth-order valence-electron chi connectivity index (χ4n) is 1.35. The molecule has 0 spiro atoms. The minimum absolute atomic E-state index is 0.103. The average molecular weight is 221 g/mol. The van der Waals surface area contributed by atoms with Crippen molar-refractivity contribution in [2.24, 2.45) is 0 Å². The fourth-order valence-corrected chi connectivity index (χ4v) is 1.92. The maximum Gasteiger partial charge on any atom is 0.340 e. The van der Waals surface area contributed by atoms with E-state index in [1.165, 1.54) is 0 Å². The van der Waals surface area contributed by atoms with Crippen LogP contribution in [-0.4, -0.2) is 41.3 Å². The number of carbonyl (C=O) groups excluding carboxylic acids is 1. The number of hydrogen-bond acceptors (Lipinski definition) is 3. The number of aliphatic hydroxyl groups is 1. The third-order valence-corrected chi connectivity index (χ3v) is 3.10. The number of rotatable bonds is 5. The lowest BCUT2D eigenvalue weighted by atomic mass is 9.73. The summed E-state index contributed by atoms with van der Waals surface area (Å²) >= 11 is 0.976. The van der Waals surface area contributed by atoms with Gasteiger partial charge in [-0.15, -0.1) is 0 Å². The molecule has 0 aromatic carbocycles. The van der Waals surface area contributed by atoms with E-state index in [4.69, 9.17) is 4.74 Å². The van der Waals surface area contributed by atoms with Gasteiger partial charge in [-0.05, 0) is 6.42 Å². The third-order valence-electron chi connectivity index (χ3n) is 2.34. The van der Waals surface area contributed by atoms with Crippen molar-refractivity contribution < 1.29 is 14.6 Å². The van der Waals surface area contributed by atoms with Gasteiger partial charge in [0.15, 0.2) is 7.28 Å². The number of hydrogen-bond donors (Lipinski definition) is 1. The van der Waals surface area contributed by atoms with E-state index in [1.807, 2.05) is 6.92 Å². The SMILES string of the molecule is CCCCOC(=O)C1=C[B]C([CH2][AlH2])=C1O. The number of carbonyl (C=O) groups is 1. The molecule has 1 heterocycles. The van der Waals surface area contributed by atoms with Crippen molar-refractivity contribution in [1.29, 1.82) is 0 Å². The Morgan fingerprint density at radius 3 is 2.93 bits per heavy atom. The van der Waals surface area contributed by atoms with Crippen molar-refractivity contribution in [3.8, 4) is 0 Å². The van der Waals surface area contributed by atoms with E-state index < -0.39 is 5.97 Å². The maximum atomic E-state index is 11.5. The van der Waals surface area contributed by atoms with Gasteiger partial charge in [0.2, 0.25) is 16.3 Å². The van der Waals surface area contributed by atoms with E-state index in [2.05, 4.69) is 0 Å². The van der Waals surface area contributed by atoms with Crippen LogP contribution < -0.4 is 0 Å². The number of ether oxygens (including phenoxy) is 1. The van der Waals surface area contributed by atoms with Crippen LogP contribution in [-0.2, 0) is 9.53 Å². The second-order valence-corrected chi connectivity index (χ2v) is 4.17. The molecule has 0 unspecified atom stereocenters. The van der Waals surface area contributed by atoms with E-state index in [-0.39, 0.29) is 5.76 Å². The highest BCUT2D eigenvalue weighted by molar-refractivity contribution is 6.55. The summed E-state index contributed by atoms with van der Waals surface area (Å²) in [4.78, 5) is 11.5. The largest absolute Gasteiger partial charge is 0.508 e. The molecule has 1 N–H and O–H groups in total.